The predicted molar refractivity (Wildman–Crippen MR) is 65.3 cm³/mol. The Bertz CT molecular complexity index is 588. The highest BCUT2D eigenvalue weighted by molar-refractivity contribution is 7.89. The highest BCUT2D eigenvalue weighted by Crippen LogP contribution is 2.05. The van der Waals surface area contributed by atoms with Crippen LogP contribution in [-0.4, -0.2) is 34.7 Å². The van der Waals surface area contributed by atoms with Gasteiger partial charge < -0.3 is 4.98 Å². The highest BCUT2D eigenvalue weighted by Gasteiger charge is 2.16. The number of hydrogen-bond acceptors (Lipinski definition) is 4. The fraction of sp³-hybridized carbons (Fsp3) is 0.400. The van der Waals surface area contributed by atoms with Gasteiger partial charge in [-0.25, -0.2) is 18.1 Å². The average Bonchev–Trinajstić information content (AvgIpc) is 2.95. The standard InChI is InChI=1S/C10H15N5O2S/c1-15-10(4-6-13-15)18(16,17)14-5-2-3-9-11-7-8-12-9/h4,6-8,14H,2-3,5H2,1H3,(H,11,12). The van der Waals surface area contributed by atoms with Crippen molar-refractivity contribution in [3.63, 3.8) is 0 Å². The first-order chi connectivity index (χ1) is 8.59. The molecule has 2 aromatic rings. The van der Waals surface area contributed by atoms with Gasteiger partial charge in [-0.2, -0.15) is 5.10 Å². The Labute approximate surface area is 105 Å². The molecule has 2 N–H and O–H groups in total. The average molecular weight is 269 g/mol. The molecule has 18 heavy (non-hydrogen) atoms. The lowest BCUT2D eigenvalue weighted by Gasteiger charge is -2.06. The quantitative estimate of drug-likeness (QED) is 0.725. The number of rotatable bonds is 6. The normalized spacial score (nSPS) is 11.8. The van der Waals surface area contributed by atoms with Gasteiger partial charge in [0.05, 0.1) is 6.20 Å². The molecular formula is C10H15N5O2S. The lowest BCUT2D eigenvalue weighted by molar-refractivity contribution is 0.560. The summed E-state index contributed by atoms with van der Waals surface area (Å²) in [4.78, 5) is 7.04. The Morgan fingerprint density at radius 2 is 2.28 bits per heavy atom. The molecule has 0 fully saturated rings. The third-order valence-electron chi connectivity index (χ3n) is 2.49. The molecule has 2 rings (SSSR count). The van der Waals surface area contributed by atoms with E-state index in [1.165, 1.54) is 16.9 Å². The van der Waals surface area contributed by atoms with E-state index in [9.17, 15) is 8.42 Å². The zero-order valence-corrected chi connectivity index (χ0v) is 10.8. The number of H-pyrrole nitrogens is 1. The highest BCUT2D eigenvalue weighted by atomic mass is 32.2. The van der Waals surface area contributed by atoms with Crippen molar-refractivity contribution in [1.29, 1.82) is 0 Å². The maximum Gasteiger partial charge on any atom is 0.257 e. The number of aryl methyl sites for hydroxylation is 2. The molecule has 0 saturated carbocycles. The van der Waals surface area contributed by atoms with E-state index < -0.39 is 10.0 Å². The van der Waals surface area contributed by atoms with Crippen LogP contribution in [0.5, 0.6) is 0 Å². The van der Waals surface area contributed by atoms with Gasteiger partial charge in [-0.1, -0.05) is 0 Å². The largest absolute Gasteiger partial charge is 0.349 e. The zero-order valence-electron chi connectivity index (χ0n) is 10.00. The van der Waals surface area contributed by atoms with E-state index in [-0.39, 0.29) is 5.03 Å². The second-order valence-electron chi connectivity index (χ2n) is 3.83. The summed E-state index contributed by atoms with van der Waals surface area (Å²) in [6.45, 7) is 0.369. The van der Waals surface area contributed by atoms with E-state index in [2.05, 4.69) is 19.8 Å². The van der Waals surface area contributed by atoms with Crippen LogP contribution < -0.4 is 4.72 Å². The van der Waals surface area contributed by atoms with Crippen molar-refractivity contribution >= 4 is 10.0 Å². The molecule has 0 unspecified atom stereocenters. The Kier molecular flexibility index (Phi) is 3.78. The van der Waals surface area contributed by atoms with Crippen LogP contribution in [0.15, 0.2) is 29.7 Å². The smallest absolute Gasteiger partial charge is 0.257 e. The molecule has 0 aliphatic carbocycles. The Morgan fingerprint density at radius 3 is 2.89 bits per heavy atom. The summed E-state index contributed by atoms with van der Waals surface area (Å²) >= 11 is 0. The van der Waals surface area contributed by atoms with Gasteiger partial charge in [0.15, 0.2) is 5.03 Å². The number of imidazole rings is 1. The van der Waals surface area contributed by atoms with Gasteiger partial charge in [0.25, 0.3) is 10.0 Å². The van der Waals surface area contributed by atoms with Gasteiger partial charge in [-0.3, -0.25) is 4.68 Å². The number of sulfonamides is 1. The minimum atomic E-state index is -3.47. The molecule has 0 aliphatic heterocycles. The number of nitrogens with one attached hydrogen (secondary N) is 2. The Balaban J connectivity index is 1.85. The summed E-state index contributed by atoms with van der Waals surface area (Å²) in [5, 5.41) is 4.00. The predicted octanol–water partition coefficient (Wildman–Crippen LogP) is 0.0543. The van der Waals surface area contributed by atoms with Gasteiger partial charge in [-0.15, -0.1) is 0 Å². The third-order valence-corrected chi connectivity index (χ3v) is 4.02. The molecule has 2 heterocycles. The van der Waals surface area contributed by atoms with Crippen LogP contribution in [0, 0.1) is 0 Å². The number of aromatic amines is 1. The summed E-state index contributed by atoms with van der Waals surface area (Å²) < 4.78 is 27.6. The number of aromatic nitrogens is 4. The molecule has 0 aromatic carbocycles. The van der Waals surface area contributed by atoms with Gasteiger partial charge in [0.1, 0.15) is 5.82 Å². The van der Waals surface area contributed by atoms with Crippen molar-refractivity contribution in [2.45, 2.75) is 17.9 Å². The second kappa shape index (κ2) is 5.32. The molecule has 0 atom stereocenters. The Morgan fingerprint density at radius 1 is 1.44 bits per heavy atom. The van der Waals surface area contributed by atoms with E-state index in [1.807, 2.05) is 0 Å². The van der Waals surface area contributed by atoms with Crippen LogP contribution in [0.25, 0.3) is 0 Å². The van der Waals surface area contributed by atoms with E-state index in [4.69, 9.17) is 0 Å². The van der Waals surface area contributed by atoms with Crippen molar-refractivity contribution in [2.24, 2.45) is 7.05 Å². The number of hydrogen-bond donors (Lipinski definition) is 2. The molecule has 7 nitrogen and oxygen atoms in total. The van der Waals surface area contributed by atoms with Crippen molar-refractivity contribution < 1.29 is 8.42 Å². The van der Waals surface area contributed by atoms with E-state index in [1.54, 1.807) is 19.4 Å². The summed E-state index contributed by atoms with van der Waals surface area (Å²) in [6, 6.07) is 1.47. The van der Waals surface area contributed by atoms with Gasteiger partial charge >= 0.3 is 0 Å². The molecule has 0 saturated heterocycles. The van der Waals surface area contributed by atoms with Crippen LogP contribution >= 0.6 is 0 Å². The molecular weight excluding hydrogens is 254 g/mol. The van der Waals surface area contributed by atoms with Crippen LogP contribution in [0.1, 0.15) is 12.2 Å². The van der Waals surface area contributed by atoms with E-state index in [0.717, 1.165) is 5.82 Å². The molecule has 0 bridgehead atoms. The molecule has 0 spiro atoms. The first kappa shape index (κ1) is 12.8. The van der Waals surface area contributed by atoms with Gasteiger partial charge in [0.2, 0.25) is 0 Å². The fourth-order valence-corrected chi connectivity index (χ4v) is 2.79. The molecule has 0 amide bonds. The van der Waals surface area contributed by atoms with Crippen LogP contribution in [0.4, 0.5) is 0 Å². The molecule has 8 heteroatoms. The maximum absolute atomic E-state index is 11.9. The molecule has 0 aliphatic rings. The lowest BCUT2D eigenvalue weighted by Crippen LogP contribution is -2.27. The fourth-order valence-electron chi connectivity index (χ4n) is 1.60. The monoisotopic (exact) mass is 269 g/mol. The molecule has 2 aromatic heterocycles. The van der Waals surface area contributed by atoms with Crippen molar-refractivity contribution in [3.05, 3.63) is 30.5 Å². The van der Waals surface area contributed by atoms with Crippen LogP contribution in [-0.2, 0) is 23.5 Å². The molecule has 98 valence electrons. The molecule has 0 radical (unpaired) electrons. The lowest BCUT2D eigenvalue weighted by atomic mass is 10.3. The zero-order chi connectivity index (χ0) is 13.0. The first-order valence-corrected chi connectivity index (χ1v) is 7.04. The van der Waals surface area contributed by atoms with Crippen molar-refractivity contribution in [3.8, 4) is 0 Å². The van der Waals surface area contributed by atoms with Crippen LogP contribution in [0.3, 0.4) is 0 Å². The topological polar surface area (TPSA) is 92.7 Å². The second-order valence-corrected chi connectivity index (χ2v) is 5.54. The van der Waals surface area contributed by atoms with Crippen LogP contribution in [0.2, 0.25) is 0 Å². The third kappa shape index (κ3) is 2.96. The van der Waals surface area contributed by atoms with Crippen molar-refractivity contribution in [2.75, 3.05) is 6.54 Å². The van der Waals surface area contributed by atoms with Crippen molar-refractivity contribution in [1.82, 2.24) is 24.5 Å². The number of nitrogens with zero attached hydrogens (tertiary/aromatic N) is 3. The first-order valence-electron chi connectivity index (χ1n) is 5.55. The summed E-state index contributed by atoms with van der Waals surface area (Å²) in [5.74, 6) is 0.856. The summed E-state index contributed by atoms with van der Waals surface area (Å²) in [7, 11) is -1.87. The minimum absolute atomic E-state index is 0.167. The summed E-state index contributed by atoms with van der Waals surface area (Å²) in [6.07, 6.45) is 6.27. The van der Waals surface area contributed by atoms with Gasteiger partial charge in [-0.05, 0) is 12.5 Å². The van der Waals surface area contributed by atoms with Gasteiger partial charge in [0, 0.05) is 32.4 Å². The summed E-state index contributed by atoms with van der Waals surface area (Å²) in [5.41, 5.74) is 0. The minimum Gasteiger partial charge on any atom is -0.349 e. The Hall–Kier alpha value is -1.67. The van der Waals surface area contributed by atoms with E-state index >= 15 is 0 Å². The van der Waals surface area contributed by atoms with E-state index in [0.29, 0.717) is 19.4 Å². The SMILES string of the molecule is Cn1nccc1S(=O)(=O)NCCCc1ncc[nH]1. The maximum atomic E-state index is 11.9.